The van der Waals surface area contributed by atoms with E-state index in [-0.39, 0.29) is 5.91 Å². The lowest BCUT2D eigenvalue weighted by Gasteiger charge is -2.29. The Morgan fingerprint density at radius 1 is 1.23 bits per heavy atom. The van der Waals surface area contributed by atoms with Gasteiger partial charge in [0.2, 0.25) is 5.95 Å². The minimum atomic E-state index is -0.586. The van der Waals surface area contributed by atoms with E-state index in [9.17, 15) is 9.18 Å². The summed E-state index contributed by atoms with van der Waals surface area (Å²) in [6.45, 7) is 2.30. The van der Waals surface area contributed by atoms with Gasteiger partial charge in [-0.2, -0.15) is 4.39 Å². The number of ether oxygens (including phenoxy) is 1. The summed E-state index contributed by atoms with van der Waals surface area (Å²) in [7, 11) is 0. The van der Waals surface area contributed by atoms with Gasteiger partial charge in [0, 0.05) is 19.3 Å². The summed E-state index contributed by atoms with van der Waals surface area (Å²) >= 11 is 0. The molecule has 0 aliphatic carbocycles. The lowest BCUT2D eigenvalue weighted by Crippen LogP contribution is -2.37. The van der Waals surface area contributed by atoms with Gasteiger partial charge in [-0.15, -0.1) is 0 Å². The highest BCUT2D eigenvalue weighted by Crippen LogP contribution is 2.25. The normalized spacial score (nSPS) is 14.7. The van der Waals surface area contributed by atoms with E-state index in [2.05, 4.69) is 15.3 Å². The van der Waals surface area contributed by atoms with Crippen molar-refractivity contribution in [2.45, 2.75) is 0 Å². The van der Waals surface area contributed by atoms with E-state index in [1.54, 1.807) is 24.4 Å². The van der Waals surface area contributed by atoms with Gasteiger partial charge in [-0.1, -0.05) is 6.07 Å². The van der Waals surface area contributed by atoms with Crippen molar-refractivity contribution >= 4 is 17.4 Å². The fraction of sp³-hybridized carbons (Fsp3) is 0.267. The summed E-state index contributed by atoms with van der Waals surface area (Å²) in [6.07, 6.45) is 1.54. The van der Waals surface area contributed by atoms with Crippen LogP contribution >= 0.6 is 0 Å². The lowest BCUT2D eigenvalue weighted by atomic mass is 10.3. The molecule has 3 heterocycles. The molecule has 0 unspecified atom stereocenters. The molecule has 6 nitrogen and oxygen atoms in total. The number of hydrogen-bond acceptors (Lipinski definition) is 5. The molecule has 7 heteroatoms. The monoisotopic (exact) mass is 302 g/mol. The molecule has 3 rings (SSSR count). The Balaban J connectivity index is 1.85. The molecule has 1 aliphatic heterocycles. The molecule has 22 heavy (non-hydrogen) atoms. The lowest BCUT2D eigenvalue weighted by molar-refractivity contribution is 0.102. The molecule has 1 fully saturated rings. The summed E-state index contributed by atoms with van der Waals surface area (Å²) in [5.41, 5.74) is 0.749. The molecule has 0 saturated carbocycles. The van der Waals surface area contributed by atoms with Crippen LogP contribution in [0.3, 0.4) is 0 Å². The number of halogens is 1. The zero-order chi connectivity index (χ0) is 15.4. The topological polar surface area (TPSA) is 67.4 Å². The van der Waals surface area contributed by atoms with Gasteiger partial charge in [-0.05, 0) is 24.3 Å². The van der Waals surface area contributed by atoms with Gasteiger partial charge >= 0.3 is 0 Å². The molecule has 1 aliphatic rings. The SMILES string of the molecule is O=C(Nc1ccc(F)nc1N1CCOCC1)c1ccccn1. The van der Waals surface area contributed by atoms with E-state index in [4.69, 9.17) is 4.74 Å². The van der Waals surface area contributed by atoms with Crippen LogP contribution in [0.2, 0.25) is 0 Å². The highest BCUT2D eigenvalue weighted by atomic mass is 19.1. The number of amides is 1. The minimum Gasteiger partial charge on any atom is -0.378 e. The number of anilines is 2. The Morgan fingerprint density at radius 2 is 2.05 bits per heavy atom. The summed E-state index contributed by atoms with van der Waals surface area (Å²) in [5, 5.41) is 2.74. The van der Waals surface area contributed by atoms with E-state index in [1.807, 2.05) is 4.90 Å². The second-order valence-electron chi connectivity index (χ2n) is 4.77. The highest BCUT2D eigenvalue weighted by Gasteiger charge is 2.19. The first-order valence-electron chi connectivity index (χ1n) is 6.95. The number of nitrogens with one attached hydrogen (secondary N) is 1. The van der Waals surface area contributed by atoms with Crippen LogP contribution in [0.25, 0.3) is 0 Å². The number of carbonyl (C=O) groups is 1. The standard InChI is InChI=1S/C15H15FN4O2/c16-13-5-4-11(14(19-13)20-7-9-22-10-8-20)18-15(21)12-3-1-2-6-17-12/h1-6H,7-10H2,(H,18,21). The molecular weight excluding hydrogens is 287 g/mol. The number of aromatic nitrogens is 2. The van der Waals surface area contributed by atoms with Gasteiger partial charge in [0.1, 0.15) is 5.69 Å². The van der Waals surface area contributed by atoms with E-state index in [0.29, 0.717) is 43.5 Å². The maximum atomic E-state index is 13.5. The van der Waals surface area contributed by atoms with Crippen LogP contribution < -0.4 is 10.2 Å². The first-order chi connectivity index (χ1) is 10.7. The maximum Gasteiger partial charge on any atom is 0.274 e. The van der Waals surface area contributed by atoms with Crippen molar-refractivity contribution in [3.63, 3.8) is 0 Å². The van der Waals surface area contributed by atoms with Crippen molar-refractivity contribution in [2.75, 3.05) is 36.5 Å². The second-order valence-corrected chi connectivity index (χ2v) is 4.77. The quantitative estimate of drug-likeness (QED) is 0.874. The first kappa shape index (κ1) is 14.4. The predicted molar refractivity (Wildman–Crippen MR) is 79.4 cm³/mol. The van der Waals surface area contributed by atoms with Crippen molar-refractivity contribution in [1.82, 2.24) is 9.97 Å². The average molecular weight is 302 g/mol. The number of pyridine rings is 2. The Bertz CT molecular complexity index is 660. The zero-order valence-electron chi connectivity index (χ0n) is 11.8. The number of hydrogen-bond donors (Lipinski definition) is 1. The fourth-order valence-corrected chi connectivity index (χ4v) is 2.22. The molecule has 0 spiro atoms. The Hall–Kier alpha value is -2.54. The number of carbonyl (C=O) groups excluding carboxylic acids is 1. The molecule has 1 saturated heterocycles. The van der Waals surface area contributed by atoms with Crippen molar-refractivity contribution in [3.05, 3.63) is 48.2 Å². The van der Waals surface area contributed by atoms with Gasteiger partial charge in [0.25, 0.3) is 5.91 Å². The van der Waals surface area contributed by atoms with Crippen LogP contribution in [0.5, 0.6) is 0 Å². The van der Waals surface area contributed by atoms with Gasteiger partial charge in [-0.3, -0.25) is 9.78 Å². The Kier molecular flexibility index (Phi) is 4.24. The van der Waals surface area contributed by atoms with Crippen LogP contribution in [-0.4, -0.2) is 42.2 Å². The van der Waals surface area contributed by atoms with Gasteiger partial charge in [0.05, 0.1) is 18.9 Å². The molecule has 114 valence electrons. The van der Waals surface area contributed by atoms with E-state index < -0.39 is 5.95 Å². The zero-order valence-corrected chi connectivity index (χ0v) is 11.8. The molecule has 0 aromatic carbocycles. The van der Waals surface area contributed by atoms with E-state index >= 15 is 0 Å². The number of morpholine rings is 1. The van der Waals surface area contributed by atoms with Crippen molar-refractivity contribution in [2.24, 2.45) is 0 Å². The van der Waals surface area contributed by atoms with E-state index in [1.165, 1.54) is 12.1 Å². The van der Waals surface area contributed by atoms with Crippen molar-refractivity contribution in [3.8, 4) is 0 Å². The molecule has 0 atom stereocenters. The summed E-state index contributed by atoms with van der Waals surface area (Å²) in [6, 6.07) is 7.80. The third-order valence-electron chi connectivity index (χ3n) is 3.30. The summed E-state index contributed by atoms with van der Waals surface area (Å²) in [4.78, 5) is 22.0. The molecule has 0 radical (unpaired) electrons. The molecule has 2 aromatic heterocycles. The van der Waals surface area contributed by atoms with Crippen LogP contribution in [0.4, 0.5) is 15.9 Å². The minimum absolute atomic E-state index is 0.291. The van der Waals surface area contributed by atoms with Gasteiger partial charge < -0.3 is 15.0 Å². The van der Waals surface area contributed by atoms with Crippen LogP contribution in [0.15, 0.2) is 36.5 Å². The van der Waals surface area contributed by atoms with Gasteiger partial charge in [-0.25, -0.2) is 4.98 Å². The highest BCUT2D eigenvalue weighted by molar-refractivity contribution is 6.04. The Labute approximate surface area is 126 Å². The predicted octanol–water partition coefficient (Wildman–Crippen LogP) is 1.70. The van der Waals surface area contributed by atoms with Crippen LogP contribution in [0, 0.1) is 5.95 Å². The summed E-state index contributed by atoms with van der Waals surface area (Å²) in [5.74, 6) is -0.534. The third-order valence-corrected chi connectivity index (χ3v) is 3.30. The van der Waals surface area contributed by atoms with Crippen molar-refractivity contribution in [1.29, 1.82) is 0 Å². The third kappa shape index (κ3) is 3.20. The van der Waals surface area contributed by atoms with Crippen LogP contribution in [0.1, 0.15) is 10.5 Å². The summed E-state index contributed by atoms with van der Waals surface area (Å²) < 4.78 is 18.7. The van der Waals surface area contributed by atoms with Crippen molar-refractivity contribution < 1.29 is 13.9 Å². The van der Waals surface area contributed by atoms with E-state index in [0.717, 1.165) is 0 Å². The molecular formula is C15H15FN4O2. The first-order valence-corrected chi connectivity index (χ1v) is 6.95. The number of nitrogens with zero attached hydrogens (tertiary/aromatic N) is 3. The second kappa shape index (κ2) is 6.48. The smallest absolute Gasteiger partial charge is 0.274 e. The number of rotatable bonds is 3. The molecule has 1 amide bonds. The van der Waals surface area contributed by atoms with Gasteiger partial charge in [0.15, 0.2) is 5.82 Å². The molecule has 1 N–H and O–H groups in total. The molecule has 0 bridgehead atoms. The van der Waals surface area contributed by atoms with Crippen LogP contribution in [-0.2, 0) is 4.74 Å². The Morgan fingerprint density at radius 3 is 2.77 bits per heavy atom. The average Bonchev–Trinajstić information content (AvgIpc) is 2.58. The largest absolute Gasteiger partial charge is 0.378 e. The molecule has 2 aromatic rings. The fourth-order valence-electron chi connectivity index (χ4n) is 2.22. The maximum absolute atomic E-state index is 13.5.